The number of thioether (sulfide) groups is 1. The molecule has 1 aromatic rings. The highest BCUT2D eigenvalue weighted by atomic mass is 32.2. The van der Waals surface area contributed by atoms with Gasteiger partial charge in [-0.1, -0.05) is 6.07 Å². The van der Waals surface area contributed by atoms with Crippen molar-refractivity contribution in [2.75, 3.05) is 12.4 Å². The van der Waals surface area contributed by atoms with Crippen LogP contribution in [0, 0.1) is 10.1 Å². The minimum atomic E-state index is -0.458. The van der Waals surface area contributed by atoms with E-state index in [-0.39, 0.29) is 18.9 Å². The van der Waals surface area contributed by atoms with E-state index in [1.807, 2.05) is 0 Å². The van der Waals surface area contributed by atoms with Crippen LogP contribution in [-0.2, 0) is 6.61 Å². The lowest BCUT2D eigenvalue weighted by Crippen LogP contribution is -1.94. The average molecular weight is 243 g/mol. The fraction of sp³-hybridized carbons (Fsp3) is 0.400. The van der Waals surface area contributed by atoms with Gasteiger partial charge >= 0.3 is 0 Å². The summed E-state index contributed by atoms with van der Waals surface area (Å²) in [4.78, 5) is 10.9. The van der Waals surface area contributed by atoms with Crippen molar-refractivity contribution in [3.63, 3.8) is 0 Å². The molecule has 0 bridgehead atoms. The molecular formula is C10H13NO4S. The molecule has 88 valence electrons. The van der Waals surface area contributed by atoms with E-state index in [2.05, 4.69) is 0 Å². The van der Waals surface area contributed by atoms with Crippen LogP contribution >= 0.6 is 11.8 Å². The van der Waals surface area contributed by atoms with Gasteiger partial charge in [0.25, 0.3) is 5.69 Å². The fourth-order valence-electron chi connectivity index (χ4n) is 1.17. The lowest BCUT2D eigenvalue weighted by Gasteiger charge is -2.03. The maximum absolute atomic E-state index is 10.8. The third kappa shape index (κ3) is 3.48. The van der Waals surface area contributed by atoms with Gasteiger partial charge in [-0.25, -0.2) is 0 Å². The van der Waals surface area contributed by atoms with Crippen molar-refractivity contribution in [1.29, 1.82) is 0 Å². The first-order valence-electron chi connectivity index (χ1n) is 4.81. The minimum Gasteiger partial charge on any atom is -0.396 e. The van der Waals surface area contributed by atoms with Crippen LogP contribution in [0.5, 0.6) is 0 Å². The maximum Gasteiger partial charge on any atom is 0.283 e. The van der Waals surface area contributed by atoms with E-state index in [0.29, 0.717) is 22.6 Å². The summed E-state index contributed by atoms with van der Waals surface area (Å²) in [7, 11) is 0. The van der Waals surface area contributed by atoms with Crippen molar-refractivity contribution in [3.05, 3.63) is 33.9 Å². The summed E-state index contributed by atoms with van der Waals surface area (Å²) in [5.41, 5.74) is 0.535. The van der Waals surface area contributed by atoms with Gasteiger partial charge in [-0.05, 0) is 18.1 Å². The van der Waals surface area contributed by atoms with Crippen LogP contribution in [0.3, 0.4) is 0 Å². The van der Waals surface area contributed by atoms with Gasteiger partial charge in [0.1, 0.15) is 0 Å². The number of benzene rings is 1. The Hall–Kier alpha value is -1.11. The van der Waals surface area contributed by atoms with Crippen molar-refractivity contribution in [1.82, 2.24) is 0 Å². The molecule has 2 N–H and O–H groups in total. The number of hydrogen-bond acceptors (Lipinski definition) is 5. The second-order valence-corrected chi connectivity index (χ2v) is 4.28. The Kier molecular flexibility index (Phi) is 5.24. The van der Waals surface area contributed by atoms with E-state index in [1.54, 1.807) is 12.1 Å². The Morgan fingerprint density at radius 3 is 2.69 bits per heavy atom. The lowest BCUT2D eigenvalue weighted by molar-refractivity contribution is -0.387. The summed E-state index contributed by atoms with van der Waals surface area (Å²) in [5.74, 6) is 0.635. The van der Waals surface area contributed by atoms with Crippen LogP contribution in [0.4, 0.5) is 5.69 Å². The number of hydrogen-bond donors (Lipinski definition) is 2. The zero-order valence-corrected chi connectivity index (χ0v) is 9.44. The Balaban J connectivity index is 2.85. The summed E-state index contributed by atoms with van der Waals surface area (Å²) in [6.45, 7) is -0.127. The second kappa shape index (κ2) is 6.47. The molecule has 0 radical (unpaired) electrons. The quantitative estimate of drug-likeness (QED) is 0.343. The van der Waals surface area contributed by atoms with Gasteiger partial charge in [-0.3, -0.25) is 10.1 Å². The summed E-state index contributed by atoms with van der Waals surface area (Å²) in [6, 6.07) is 4.67. The van der Waals surface area contributed by atoms with Gasteiger partial charge < -0.3 is 10.2 Å². The van der Waals surface area contributed by atoms with Crippen molar-refractivity contribution in [3.8, 4) is 0 Å². The normalized spacial score (nSPS) is 10.4. The molecule has 0 heterocycles. The topological polar surface area (TPSA) is 83.6 Å². The van der Waals surface area contributed by atoms with Crippen molar-refractivity contribution < 1.29 is 15.1 Å². The van der Waals surface area contributed by atoms with Crippen molar-refractivity contribution in [2.45, 2.75) is 17.9 Å². The van der Waals surface area contributed by atoms with Gasteiger partial charge in [0, 0.05) is 18.4 Å². The molecule has 1 aromatic carbocycles. The largest absolute Gasteiger partial charge is 0.396 e. The molecule has 0 aliphatic carbocycles. The van der Waals surface area contributed by atoms with E-state index in [4.69, 9.17) is 10.2 Å². The summed E-state index contributed by atoms with van der Waals surface area (Å²) < 4.78 is 0. The highest BCUT2D eigenvalue weighted by molar-refractivity contribution is 7.99. The molecule has 6 heteroatoms. The van der Waals surface area contributed by atoms with Gasteiger partial charge in [0.2, 0.25) is 0 Å². The van der Waals surface area contributed by atoms with Crippen LogP contribution in [0.15, 0.2) is 23.1 Å². The molecule has 0 fully saturated rings. The van der Waals surface area contributed by atoms with Gasteiger partial charge in [-0.15, -0.1) is 11.8 Å². The third-order valence-electron chi connectivity index (χ3n) is 1.96. The molecule has 5 nitrogen and oxygen atoms in total. The highest BCUT2D eigenvalue weighted by Crippen LogP contribution is 2.30. The molecule has 0 aliphatic heterocycles. The Labute approximate surface area is 97.3 Å². The lowest BCUT2D eigenvalue weighted by atomic mass is 10.2. The minimum absolute atomic E-state index is 0.00879. The predicted molar refractivity (Wildman–Crippen MR) is 61.4 cm³/mol. The number of aliphatic hydroxyl groups is 2. The smallest absolute Gasteiger partial charge is 0.283 e. The average Bonchev–Trinajstić information content (AvgIpc) is 2.29. The van der Waals surface area contributed by atoms with E-state index in [9.17, 15) is 10.1 Å². The first kappa shape index (κ1) is 13.0. The first-order chi connectivity index (χ1) is 7.69. The van der Waals surface area contributed by atoms with E-state index in [0.717, 1.165) is 0 Å². The fourth-order valence-corrected chi connectivity index (χ4v) is 2.11. The molecule has 1 rings (SSSR count). The standard InChI is InChI=1S/C10H13NO4S/c12-4-1-5-16-10-3-2-8(7-13)6-9(10)11(14)15/h2-3,6,12-13H,1,4-5,7H2. The number of nitrogens with zero attached hydrogens (tertiary/aromatic N) is 1. The first-order valence-corrected chi connectivity index (χ1v) is 5.79. The number of nitro groups is 1. The maximum atomic E-state index is 10.8. The molecule has 0 atom stereocenters. The predicted octanol–water partition coefficient (Wildman–Crippen LogP) is 1.56. The van der Waals surface area contributed by atoms with E-state index in [1.165, 1.54) is 17.8 Å². The highest BCUT2D eigenvalue weighted by Gasteiger charge is 2.14. The van der Waals surface area contributed by atoms with Crippen LogP contribution in [0.25, 0.3) is 0 Å². The Morgan fingerprint density at radius 1 is 1.38 bits per heavy atom. The number of aliphatic hydroxyl groups excluding tert-OH is 2. The molecule has 0 spiro atoms. The Bertz CT molecular complexity index is 370. The second-order valence-electron chi connectivity index (χ2n) is 3.14. The molecule has 0 aliphatic rings. The molecule has 0 saturated heterocycles. The zero-order valence-electron chi connectivity index (χ0n) is 8.63. The molecule has 0 saturated carbocycles. The molecular weight excluding hydrogens is 230 g/mol. The molecule has 0 amide bonds. The van der Waals surface area contributed by atoms with Crippen LogP contribution in [-0.4, -0.2) is 27.5 Å². The van der Waals surface area contributed by atoms with Gasteiger partial charge in [0.05, 0.1) is 16.4 Å². The van der Waals surface area contributed by atoms with Crippen LogP contribution in [0.1, 0.15) is 12.0 Å². The third-order valence-corrected chi connectivity index (χ3v) is 3.11. The summed E-state index contributed by atoms with van der Waals surface area (Å²) in [5, 5.41) is 28.3. The molecule has 0 aromatic heterocycles. The van der Waals surface area contributed by atoms with E-state index >= 15 is 0 Å². The number of rotatable bonds is 6. The van der Waals surface area contributed by atoms with Crippen LogP contribution < -0.4 is 0 Å². The van der Waals surface area contributed by atoms with Gasteiger partial charge in [0.15, 0.2) is 0 Å². The van der Waals surface area contributed by atoms with Crippen molar-refractivity contribution in [2.24, 2.45) is 0 Å². The zero-order chi connectivity index (χ0) is 12.0. The Morgan fingerprint density at radius 2 is 2.12 bits per heavy atom. The SMILES string of the molecule is O=[N+]([O-])c1cc(CO)ccc1SCCCO. The molecule has 16 heavy (non-hydrogen) atoms. The summed E-state index contributed by atoms with van der Waals surface area (Å²) in [6.07, 6.45) is 0.601. The van der Waals surface area contributed by atoms with E-state index < -0.39 is 4.92 Å². The molecule has 0 unspecified atom stereocenters. The van der Waals surface area contributed by atoms with Gasteiger partial charge in [-0.2, -0.15) is 0 Å². The summed E-state index contributed by atoms with van der Waals surface area (Å²) >= 11 is 1.34. The van der Waals surface area contributed by atoms with Crippen LogP contribution in [0.2, 0.25) is 0 Å². The van der Waals surface area contributed by atoms with Crippen molar-refractivity contribution >= 4 is 17.4 Å². The monoisotopic (exact) mass is 243 g/mol. The number of nitro benzene ring substituents is 1.